The summed E-state index contributed by atoms with van der Waals surface area (Å²) in [5.74, 6) is -2.18. The van der Waals surface area contributed by atoms with Gasteiger partial charge in [0.2, 0.25) is 0 Å². The summed E-state index contributed by atoms with van der Waals surface area (Å²) < 4.78 is 0. The normalized spacial score (nSPS) is 10.6. The maximum absolute atomic E-state index is 11.1. The Morgan fingerprint density at radius 2 is 1.55 bits per heavy atom. The van der Waals surface area contributed by atoms with Crippen molar-refractivity contribution >= 4 is 24.1 Å². The van der Waals surface area contributed by atoms with E-state index >= 15 is 0 Å². The minimum Gasteiger partial charge on any atom is -0.478 e. The zero-order valence-electron chi connectivity index (χ0n) is 10.5. The molecule has 2 N–H and O–H groups in total. The second-order valence-electron chi connectivity index (χ2n) is 4.16. The van der Waals surface area contributed by atoms with Crippen molar-refractivity contribution in [1.29, 1.82) is 0 Å². The average molecular weight is 268 g/mol. The number of hydrogen-bond acceptors (Lipinski definition) is 2. The highest BCUT2D eigenvalue weighted by atomic mass is 16.4. The molecule has 0 aliphatic carbocycles. The number of benzene rings is 2. The van der Waals surface area contributed by atoms with Crippen LogP contribution in [0.3, 0.4) is 0 Å². The predicted octanol–water partition coefficient (Wildman–Crippen LogP) is 3.25. The Morgan fingerprint density at radius 1 is 0.850 bits per heavy atom. The van der Waals surface area contributed by atoms with Crippen LogP contribution in [0.4, 0.5) is 0 Å². The molecule has 20 heavy (non-hydrogen) atoms. The third-order valence-electron chi connectivity index (χ3n) is 2.78. The van der Waals surface area contributed by atoms with E-state index in [-0.39, 0.29) is 11.1 Å². The number of aromatic carboxylic acids is 2. The van der Waals surface area contributed by atoms with Gasteiger partial charge in [0.05, 0.1) is 11.1 Å². The van der Waals surface area contributed by atoms with Gasteiger partial charge in [-0.2, -0.15) is 0 Å². The van der Waals surface area contributed by atoms with E-state index in [1.54, 1.807) is 12.2 Å². The number of rotatable bonds is 4. The highest BCUT2D eigenvalue weighted by Gasteiger charge is 2.11. The lowest BCUT2D eigenvalue weighted by molar-refractivity contribution is 0.0681. The Kier molecular flexibility index (Phi) is 3.96. The monoisotopic (exact) mass is 268 g/mol. The van der Waals surface area contributed by atoms with Gasteiger partial charge in [-0.05, 0) is 29.3 Å². The average Bonchev–Trinajstić information content (AvgIpc) is 2.45. The molecule has 4 heteroatoms. The van der Waals surface area contributed by atoms with Gasteiger partial charge in [-0.1, -0.05) is 42.5 Å². The molecule has 4 nitrogen and oxygen atoms in total. The number of carboxylic acid groups (broad SMARTS) is 2. The van der Waals surface area contributed by atoms with E-state index in [0.29, 0.717) is 5.56 Å². The first-order valence-electron chi connectivity index (χ1n) is 5.91. The van der Waals surface area contributed by atoms with Crippen LogP contribution in [-0.2, 0) is 0 Å². The van der Waals surface area contributed by atoms with Crippen molar-refractivity contribution < 1.29 is 19.8 Å². The molecule has 2 aromatic rings. The van der Waals surface area contributed by atoms with E-state index in [0.717, 1.165) is 5.56 Å². The zero-order valence-corrected chi connectivity index (χ0v) is 10.5. The lowest BCUT2D eigenvalue weighted by Crippen LogP contribution is -2.03. The first-order chi connectivity index (χ1) is 9.58. The molecule has 0 fully saturated rings. The van der Waals surface area contributed by atoms with Crippen LogP contribution >= 0.6 is 0 Å². The minimum atomic E-state index is -1.09. The van der Waals surface area contributed by atoms with Gasteiger partial charge < -0.3 is 10.2 Å². The molecule has 0 amide bonds. The van der Waals surface area contributed by atoms with Crippen LogP contribution in [0.15, 0.2) is 48.5 Å². The molecule has 0 heterocycles. The standard InChI is InChI=1S/C16H12O4/c17-15(18)13-8-9-14(16(19)20)12(10-13)7-6-11-4-2-1-3-5-11/h1-10H,(H,17,18)(H,19,20). The van der Waals surface area contributed by atoms with Gasteiger partial charge >= 0.3 is 11.9 Å². The number of carbonyl (C=O) groups is 2. The maximum atomic E-state index is 11.1. The van der Waals surface area contributed by atoms with Crippen LogP contribution < -0.4 is 0 Å². The topological polar surface area (TPSA) is 74.6 Å². The van der Waals surface area contributed by atoms with Gasteiger partial charge in [0, 0.05) is 0 Å². The Balaban J connectivity index is 2.43. The summed E-state index contributed by atoms with van der Waals surface area (Å²) in [6.45, 7) is 0. The summed E-state index contributed by atoms with van der Waals surface area (Å²) in [4.78, 5) is 22.1. The van der Waals surface area contributed by atoms with E-state index in [2.05, 4.69) is 0 Å². The largest absolute Gasteiger partial charge is 0.478 e. The summed E-state index contributed by atoms with van der Waals surface area (Å²) in [6.07, 6.45) is 3.35. The highest BCUT2D eigenvalue weighted by molar-refractivity contribution is 5.96. The maximum Gasteiger partial charge on any atom is 0.336 e. The van der Waals surface area contributed by atoms with Crippen LogP contribution in [0.25, 0.3) is 12.2 Å². The van der Waals surface area contributed by atoms with Crippen LogP contribution in [-0.4, -0.2) is 22.2 Å². The van der Waals surface area contributed by atoms with Crippen LogP contribution in [0.1, 0.15) is 31.8 Å². The molecule has 0 atom stereocenters. The van der Waals surface area contributed by atoms with Gasteiger partial charge in [0.25, 0.3) is 0 Å². The van der Waals surface area contributed by atoms with Crippen molar-refractivity contribution in [3.05, 3.63) is 70.8 Å². The molecule has 0 bridgehead atoms. The second kappa shape index (κ2) is 5.84. The van der Waals surface area contributed by atoms with E-state index in [9.17, 15) is 9.59 Å². The molecule has 0 saturated heterocycles. The lowest BCUT2D eigenvalue weighted by atomic mass is 10.0. The van der Waals surface area contributed by atoms with Crippen molar-refractivity contribution in [1.82, 2.24) is 0 Å². The molecule has 2 rings (SSSR count). The molecule has 100 valence electrons. The molecule has 0 spiro atoms. The molecule has 2 aromatic carbocycles. The van der Waals surface area contributed by atoms with Gasteiger partial charge in [-0.15, -0.1) is 0 Å². The summed E-state index contributed by atoms with van der Waals surface area (Å²) in [5.41, 5.74) is 1.40. The third kappa shape index (κ3) is 3.11. The molecule has 0 aliphatic heterocycles. The number of hydrogen-bond donors (Lipinski definition) is 2. The fraction of sp³-hybridized carbons (Fsp3) is 0. The highest BCUT2D eigenvalue weighted by Crippen LogP contribution is 2.16. The SMILES string of the molecule is O=C(O)c1ccc(C(=O)O)c(C=Cc2ccccc2)c1. The molecule has 0 aliphatic rings. The molecule has 0 saturated carbocycles. The molecule has 0 unspecified atom stereocenters. The van der Waals surface area contributed by atoms with Gasteiger partial charge in [0.15, 0.2) is 0 Å². The predicted molar refractivity (Wildman–Crippen MR) is 75.7 cm³/mol. The van der Waals surface area contributed by atoms with E-state index in [1.807, 2.05) is 30.3 Å². The summed E-state index contributed by atoms with van der Waals surface area (Å²) in [6, 6.07) is 13.3. The van der Waals surface area contributed by atoms with Crippen molar-refractivity contribution in [2.24, 2.45) is 0 Å². The van der Waals surface area contributed by atoms with Crippen molar-refractivity contribution in [3.8, 4) is 0 Å². The summed E-state index contributed by atoms with van der Waals surface area (Å²) in [7, 11) is 0. The Morgan fingerprint density at radius 3 is 2.15 bits per heavy atom. The Labute approximate surface area is 115 Å². The van der Waals surface area contributed by atoms with Crippen LogP contribution in [0.2, 0.25) is 0 Å². The van der Waals surface area contributed by atoms with Crippen molar-refractivity contribution in [2.75, 3.05) is 0 Å². The van der Waals surface area contributed by atoms with E-state index < -0.39 is 11.9 Å². The Hall–Kier alpha value is -2.88. The fourth-order valence-corrected chi connectivity index (χ4v) is 1.78. The fourth-order valence-electron chi connectivity index (χ4n) is 1.78. The zero-order chi connectivity index (χ0) is 14.5. The summed E-state index contributed by atoms with van der Waals surface area (Å²) >= 11 is 0. The first kappa shape index (κ1) is 13.5. The van der Waals surface area contributed by atoms with Crippen molar-refractivity contribution in [2.45, 2.75) is 0 Å². The van der Waals surface area contributed by atoms with Crippen molar-refractivity contribution in [3.63, 3.8) is 0 Å². The van der Waals surface area contributed by atoms with E-state index in [1.165, 1.54) is 18.2 Å². The van der Waals surface area contributed by atoms with Crippen LogP contribution in [0.5, 0.6) is 0 Å². The van der Waals surface area contributed by atoms with Crippen LogP contribution in [0, 0.1) is 0 Å². The van der Waals surface area contributed by atoms with Gasteiger partial charge in [-0.25, -0.2) is 9.59 Å². The van der Waals surface area contributed by atoms with Gasteiger partial charge in [-0.3, -0.25) is 0 Å². The summed E-state index contributed by atoms with van der Waals surface area (Å²) in [5, 5.41) is 18.1. The second-order valence-corrected chi connectivity index (χ2v) is 4.16. The third-order valence-corrected chi connectivity index (χ3v) is 2.78. The Bertz CT molecular complexity index is 672. The molecule has 0 radical (unpaired) electrons. The smallest absolute Gasteiger partial charge is 0.336 e. The minimum absolute atomic E-state index is 0.0581. The molecular weight excluding hydrogens is 256 g/mol. The quantitative estimate of drug-likeness (QED) is 0.835. The number of carboxylic acids is 2. The molecular formula is C16H12O4. The first-order valence-corrected chi connectivity index (χ1v) is 5.91. The lowest BCUT2D eigenvalue weighted by Gasteiger charge is -2.03. The van der Waals surface area contributed by atoms with E-state index in [4.69, 9.17) is 10.2 Å². The van der Waals surface area contributed by atoms with Gasteiger partial charge in [0.1, 0.15) is 0 Å². The molecule has 0 aromatic heterocycles.